The SMILES string of the molecule is CCCn1c(CC2=CC(Cl)CCC2)nc2ccccc21. The zero-order chi connectivity index (χ0) is 13.9. The van der Waals surface area contributed by atoms with Crippen molar-refractivity contribution in [1.82, 2.24) is 9.55 Å². The van der Waals surface area contributed by atoms with Gasteiger partial charge >= 0.3 is 0 Å². The van der Waals surface area contributed by atoms with Crippen molar-refractivity contribution in [2.75, 3.05) is 0 Å². The lowest BCUT2D eigenvalue weighted by Gasteiger charge is -2.17. The molecule has 0 saturated carbocycles. The molecule has 0 radical (unpaired) electrons. The summed E-state index contributed by atoms with van der Waals surface area (Å²) in [5, 5.41) is 0.211. The Balaban J connectivity index is 1.96. The highest BCUT2D eigenvalue weighted by Gasteiger charge is 2.15. The van der Waals surface area contributed by atoms with Crippen molar-refractivity contribution in [1.29, 1.82) is 0 Å². The maximum atomic E-state index is 6.25. The van der Waals surface area contributed by atoms with Crippen molar-refractivity contribution in [3.05, 3.63) is 41.7 Å². The average Bonchev–Trinajstić information content (AvgIpc) is 2.77. The minimum Gasteiger partial charge on any atom is -0.328 e. The Hall–Kier alpha value is -1.28. The van der Waals surface area contributed by atoms with Crippen LogP contribution in [0.5, 0.6) is 0 Å². The Morgan fingerprint density at radius 2 is 2.20 bits per heavy atom. The van der Waals surface area contributed by atoms with Crippen molar-refractivity contribution in [3.8, 4) is 0 Å². The number of aromatic nitrogens is 2. The van der Waals surface area contributed by atoms with E-state index in [9.17, 15) is 0 Å². The molecule has 1 aromatic carbocycles. The van der Waals surface area contributed by atoms with E-state index in [0.29, 0.717) is 0 Å². The van der Waals surface area contributed by atoms with Gasteiger partial charge in [0.15, 0.2) is 0 Å². The molecular weight excluding hydrogens is 268 g/mol. The Kier molecular flexibility index (Phi) is 4.11. The summed E-state index contributed by atoms with van der Waals surface area (Å²) in [5.74, 6) is 1.19. The summed E-state index contributed by atoms with van der Waals surface area (Å²) >= 11 is 6.25. The van der Waals surface area contributed by atoms with Gasteiger partial charge in [0, 0.05) is 13.0 Å². The Morgan fingerprint density at radius 1 is 1.35 bits per heavy atom. The van der Waals surface area contributed by atoms with Crippen molar-refractivity contribution in [2.45, 2.75) is 50.9 Å². The number of hydrogen-bond donors (Lipinski definition) is 0. The van der Waals surface area contributed by atoms with Gasteiger partial charge in [-0.15, -0.1) is 11.6 Å². The Labute approximate surface area is 125 Å². The number of nitrogens with zero attached hydrogens (tertiary/aromatic N) is 2. The second-order valence-electron chi connectivity index (χ2n) is 5.58. The minimum absolute atomic E-state index is 0.211. The zero-order valence-corrected chi connectivity index (χ0v) is 12.7. The Morgan fingerprint density at radius 3 is 3.00 bits per heavy atom. The van der Waals surface area contributed by atoms with Gasteiger partial charge in [-0.1, -0.05) is 30.7 Å². The second kappa shape index (κ2) is 6.01. The fourth-order valence-corrected chi connectivity index (χ4v) is 3.36. The van der Waals surface area contributed by atoms with Gasteiger partial charge in [0.1, 0.15) is 5.82 Å². The molecule has 3 rings (SSSR count). The Bertz CT molecular complexity index is 627. The van der Waals surface area contributed by atoms with E-state index in [1.54, 1.807) is 0 Å². The van der Waals surface area contributed by atoms with E-state index in [-0.39, 0.29) is 5.38 Å². The smallest absolute Gasteiger partial charge is 0.113 e. The fourth-order valence-electron chi connectivity index (χ4n) is 3.03. The van der Waals surface area contributed by atoms with Crippen LogP contribution in [0.4, 0.5) is 0 Å². The third kappa shape index (κ3) is 2.76. The lowest BCUT2D eigenvalue weighted by molar-refractivity contribution is 0.641. The van der Waals surface area contributed by atoms with Gasteiger partial charge in [-0.05, 0) is 37.8 Å². The van der Waals surface area contributed by atoms with E-state index in [0.717, 1.165) is 31.3 Å². The number of allylic oxidation sites excluding steroid dienone is 2. The normalized spacial score (nSPS) is 19.3. The first-order chi connectivity index (χ1) is 9.78. The number of para-hydroxylation sites is 2. The molecule has 0 N–H and O–H groups in total. The van der Waals surface area contributed by atoms with Crippen LogP contribution < -0.4 is 0 Å². The zero-order valence-electron chi connectivity index (χ0n) is 12.0. The summed E-state index contributed by atoms with van der Waals surface area (Å²) in [4.78, 5) is 4.83. The molecule has 1 heterocycles. The van der Waals surface area contributed by atoms with Crippen molar-refractivity contribution in [3.63, 3.8) is 0 Å². The number of imidazole rings is 1. The van der Waals surface area contributed by atoms with Crippen LogP contribution in [0, 0.1) is 0 Å². The molecule has 2 nitrogen and oxygen atoms in total. The molecule has 0 aliphatic heterocycles. The fraction of sp³-hybridized carbons (Fsp3) is 0.471. The quantitative estimate of drug-likeness (QED) is 0.589. The highest BCUT2D eigenvalue weighted by atomic mass is 35.5. The number of benzene rings is 1. The largest absolute Gasteiger partial charge is 0.328 e. The molecule has 1 atom stereocenters. The van der Waals surface area contributed by atoms with Crippen LogP contribution in [-0.4, -0.2) is 14.9 Å². The molecule has 0 amide bonds. The van der Waals surface area contributed by atoms with Gasteiger partial charge in [-0.25, -0.2) is 4.98 Å². The van der Waals surface area contributed by atoms with Crippen molar-refractivity contribution in [2.24, 2.45) is 0 Å². The molecule has 1 aliphatic carbocycles. The number of fused-ring (bicyclic) bond motifs is 1. The molecule has 1 unspecified atom stereocenters. The molecule has 1 aromatic heterocycles. The van der Waals surface area contributed by atoms with Crippen LogP contribution in [-0.2, 0) is 13.0 Å². The van der Waals surface area contributed by atoms with E-state index in [4.69, 9.17) is 16.6 Å². The van der Waals surface area contributed by atoms with Crippen LogP contribution in [0.2, 0.25) is 0 Å². The van der Waals surface area contributed by atoms with Crippen molar-refractivity contribution < 1.29 is 0 Å². The van der Waals surface area contributed by atoms with Crippen LogP contribution >= 0.6 is 11.6 Å². The first kappa shape index (κ1) is 13.7. The lowest BCUT2D eigenvalue weighted by Crippen LogP contribution is -2.09. The summed E-state index contributed by atoms with van der Waals surface area (Å²) in [6, 6.07) is 8.42. The van der Waals surface area contributed by atoms with E-state index in [1.165, 1.54) is 29.8 Å². The van der Waals surface area contributed by atoms with Gasteiger partial charge < -0.3 is 4.57 Å². The molecule has 20 heavy (non-hydrogen) atoms. The number of rotatable bonds is 4. The van der Waals surface area contributed by atoms with Crippen LogP contribution in [0.1, 0.15) is 38.4 Å². The van der Waals surface area contributed by atoms with Gasteiger partial charge in [-0.3, -0.25) is 0 Å². The number of halogens is 1. The van der Waals surface area contributed by atoms with E-state index in [2.05, 4.69) is 41.8 Å². The maximum absolute atomic E-state index is 6.25. The summed E-state index contributed by atoms with van der Waals surface area (Å²) in [7, 11) is 0. The predicted octanol–water partition coefficient (Wildman–Crippen LogP) is 4.71. The highest BCUT2D eigenvalue weighted by molar-refractivity contribution is 6.21. The van der Waals surface area contributed by atoms with Gasteiger partial charge in [0.25, 0.3) is 0 Å². The first-order valence-corrected chi connectivity index (χ1v) is 7.99. The second-order valence-corrected chi connectivity index (χ2v) is 6.14. The molecule has 106 valence electrons. The number of aryl methyl sites for hydroxylation is 1. The molecule has 0 saturated heterocycles. The van der Waals surface area contributed by atoms with Crippen LogP contribution in [0.3, 0.4) is 0 Å². The molecule has 0 spiro atoms. The monoisotopic (exact) mass is 288 g/mol. The van der Waals surface area contributed by atoms with Crippen LogP contribution in [0.15, 0.2) is 35.9 Å². The number of hydrogen-bond acceptors (Lipinski definition) is 1. The molecular formula is C17H21ClN2. The minimum atomic E-state index is 0.211. The highest BCUT2D eigenvalue weighted by Crippen LogP contribution is 2.26. The average molecular weight is 289 g/mol. The first-order valence-electron chi connectivity index (χ1n) is 7.55. The maximum Gasteiger partial charge on any atom is 0.113 e. The molecule has 2 aromatic rings. The van der Waals surface area contributed by atoms with E-state index < -0.39 is 0 Å². The topological polar surface area (TPSA) is 17.8 Å². The summed E-state index contributed by atoms with van der Waals surface area (Å²) in [6.07, 6.45) is 7.78. The van der Waals surface area contributed by atoms with Gasteiger partial charge in [-0.2, -0.15) is 0 Å². The molecule has 0 fully saturated rings. The lowest BCUT2D eigenvalue weighted by atomic mass is 9.96. The summed E-state index contributed by atoms with van der Waals surface area (Å²) < 4.78 is 2.37. The third-order valence-corrected chi connectivity index (χ3v) is 4.30. The molecule has 3 heteroatoms. The van der Waals surface area contributed by atoms with E-state index >= 15 is 0 Å². The number of alkyl halides is 1. The van der Waals surface area contributed by atoms with Crippen molar-refractivity contribution >= 4 is 22.6 Å². The van der Waals surface area contributed by atoms with Crippen LogP contribution in [0.25, 0.3) is 11.0 Å². The molecule has 0 bridgehead atoms. The predicted molar refractivity (Wildman–Crippen MR) is 85.3 cm³/mol. The van der Waals surface area contributed by atoms with E-state index in [1.807, 2.05) is 0 Å². The summed E-state index contributed by atoms with van der Waals surface area (Å²) in [6.45, 7) is 3.25. The summed E-state index contributed by atoms with van der Waals surface area (Å²) in [5.41, 5.74) is 3.81. The third-order valence-electron chi connectivity index (χ3n) is 3.96. The standard InChI is InChI=1S/C17H21ClN2/c1-2-10-20-16-9-4-3-8-15(16)19-17(20)12-13-6-5-7-14(18)11-13/h3-4,8-9,11,14H,2,5-7,10,12H2,1H3. The molecule has 1 aliphatic rings. The van der Waals surface area contributed by atoms with Gasteiger partial charge in [0.2, 0.25) is 0 Å². The van der Waals surface area contributed by atoms with Gasteiger partial charge in [0.05, 0.1) is 16.4 Å².